The quantitative estimate of drug-likeness (QED) is 0.702. The molecule has 1 atom stereocenters. The Balaban J connectivity index is 3.06. The largest absolute Gasteiger partial charge is 0.385 e. The molecule has 1 aromatic rings. The van der Waals surface area contributed by atoms with E-state index in [2.05, 4.69) is 6.58 Å². The monoisotopic (exact) mass is 176 g/mol. The molecule has 0 aliphatic carbocycles. The Kier molecular flexibility index (Phi) is 2.89. The SMILES string of the molecule is C=CC[C@](C)(O)c1ccccc1C. The lowest BCUT2D eigenvalue weighted by Gasteiger charge is -2.23. The van der Waals surface area contributed by atoms with Gasteiger partial charge in [0.1, 0.15) is 0 Å². The van der Waals surface area contributed by atoms with E-state index in [1.54, 1.807) is 6.08 Å². The summed E-state index contributed by atoms with van der Waals surface area (Å²) in [7, 11) is 0. The highest BCUT2D eigenvalue weighted by Crippen LogP contribution is 2.27. The van der Waals surface area contributed by atoms with Crippen LogP contribution in [0.2, 0.25) is 0 Å². The van der Waals surface area contributed by atoms with Crippen LogP contribution in [0.5, 0.6) is 0 Å². The predicted molar refractivity (Wildman–Crippen MR) is 55.6 cm³/mol. The van der Waals surface area contributed by atoms with Gasteiger partial charge in [0.25, 0.3) is 0 Å². The molecule has 1 heteroatoms. The van der Waals surface area contributed by atoms with Gasteiger partial charge in [0.2, 0.25) is 0 Å². The molecule has 0 saturated heterocycles. The van der Waals surface area contributed by atoms with Gasteiger partial charge in [-0.2, -0.15) is 0 Å². The fourth-order valence-electron chi connectivity index (χ4n) is 1.57. The van der Waals surface area contributed by atoms with Crippen LogP contribution < -0.4 is 0 Å². The molecule has 0 aliphatic rings. The van der Waals surface area contributed by atoms with Gasteiger partial charge in [-0.1, -0.05) is 30.3 Å². The normalized spacial score (nSPS) is 15.0. The van der Waals surface area contributed by atoms with Crippen molar-refractivity contribution in [3.05, 3.63) is 48.0 Å². The molecule has 13 heavy (non-hydrogen) atoms. The smallest absolute Gasteiger partial charge is 0.0905 e. The number of rotatable bonds is 3. The lowest BCUT2D eigenvalue weighted by Crippen LogP contribution is -2.21. The average Bonchev–Trinajstić information content (AvgIpc) is 2.04. The highest BCUT2D eigenvalue weighted by atomic mass is 16.3. The first kappa shape index (κ1) is 10.0. The van der Waals surface area contributed by atoms with E-state index in [-0.39, 0.29) is 0 Å². The molecular formula is C12H16O. The van der Waals surface area contributed by atoms with Crippen LogP contribution in [0.15, 0.2) is 36.9 Å². The van der Waals surface area contributed by atoms with Crippen LogP contribution in [0.4, 0.5) is 0 Å². The molecule has 70 valence electrons. The molecule has 0 spiro atoms. The summed E-state index contributed by atoms with van der Waals surface area (Å²) in [6, 6.07) is 7.88. The second-order valence-electron chi connectivity index (χ2n) is 3.58. The van der Waals surface area contributed by atoms with Crippen LogP contribution in [0.25, 0.3) is 0 Å². The van der Waals surface area contributed by atoms with E-state index in [0.717, 1.165) is 11.1 Å². The molecule has 1 nitrogen and oxygen atoms in total. The third-order valence-corrected chi connectivity index (χ3v) is 2.27. The van der Waals surface area contributed by atoms with E-state index < -0.39 is 5.60 Å². The minimum Gasteiger partial charge on any atom is -0.385 e. The van der Waals surface area contributed by atoms with Gasteiger partial charge < -0.3 is 5.11 Å². The van der Waals surface area contributed by atoms with E-state index in [4.69, 9.17) is 0 Å². The van der Waals surface area contributed by atoms with Crippen LogP contribution in [-0.2, 0) is 5.60 Å². The summed E-state index contributed by atoms with van der Waals surface area (Å²) in [5.41, 5.74) is 1.32. The lowest BCUT2D eigenvalue weighted by atomic mass is 9.89. The summed E-state index contributed by atoms with van der Waals surface area (Å²) in [5, 5.41) is 10.1. The summed E-state index contributed by atoms with van der Waals surface area (Å²) in [5.74, 6) is 0. The first-order valence-electron chi connectivity index (χ1n) is 4.47. The second kappa shape index (κ2) is 3.75. The van der Waals surface area contributed by atoms with Gasteiger partial charge in [0, 0.05) is 0 Å². The van der Waals surface area contributed by atoms with Crippen molar-refractivity contribution in [1.29, 1.82) is 0 Å². The van der Waals surface area contributed by atoms with Crippen molar-refractivity contribution in [3.63, 3.8) is 0 Å². The van der Waals surface area contributed by atoms with Crippen molar-refractivity contribution < 1.29 is 5.11 Å². The first-order chi connectivity index (χ1) is 6.08. The summed E-state index contributed by atoms with van der Waals surface area (Å²) in [4.78, 5) is 0. The van der Waals surface area contributed by atoms with Gasteiger partial charge in [0.15, 0.2) is 0 Å². The number of benzene rings is 1. The predicted octanol–water partition coefficient (Wildman–Crippen LogP) is 2.78. The average molecular weight is 176 g/mol. The van der Waals surface area contributed by atoms with Crippen LogP contribution in [0.1, 0.15) is 24.5 Å². The molecule has 1 N–H and O–H groups in total. The molecular weight excluding hydrogens is 160 g/mol. The summed E-state index contributed by atoms with van der Waals surface area (Å²) < 4.78 is 0. The Morgan fingerprint density at radius 3 is 2.62 bits per heavy atom. The molecule has 1 rings (SSSR count). The summed E-state index contributed by atoms with van der Waals surface area (Å²) >= 11 is 0. The summed E-state index contributed by atoms with van der Waals surface area (Å²) in [6.07, 6.45) is 2.32. The van der Waals surface area contributed by atoms with E-state index in [9.17, 15) is 5.11 Å². The van der Waals surface area contributed by atoms with Gasteiger partial charge in [-0.25, -0.2) is 0 Å². The fourth-order valence-corrected chi connectivity index (χ4v) is 1.57. The maximum Gasteiger partial charge on any atom is 0.0905 e. The van der Waals surface area contributed by atoms with Crippen molar-refractivity contribution in [2.45, 2.75) is 25.9 Å². The molecule has 0 unspecified atom stereocenters. The van der Waals surface area contributed by atoms with Crippen LogP contribution in [0, 0.1) is 6.92 Å². The molecule has 0 aliphatic heterocycles. The van der Waals surface area contributed by atoms with Crippen molar-refractivity contribution in [2.24, 2.45) is 0 Å². The molecule has 0 heterocycles. The maximum atomic E-state index is 10.1. The van der Waals surface area contributed by atoms with Gasteiger partial charge in [-0.05, 0) is 31.4 Å². The zero-order valence-electron chi connectivity index (χ0n) is 8.25. The highest BCUT2D eigenvalue weighted by molar-refractivity contribution is 5.31. The van der Waals surface area contributed by atoms with Crippen LogP contribution in [-0.4, -0.2) is 5.11 Å². The molecule has 0 bridgehead atoms. The number of aryl methyl sites for hydroxylation is 1. The maximum absolute atomic E-state index is 10.1. The number of hydrogen-bond donors (Lipinski definition) is 1. The number of hydrogen-bond acceptors (Lipinski definition) is 1. The zero-order valence-corrected chi connectivity index (χ0v) is 8.25. The van der Waals surface area contributed by atoms with Crippen LogP contribution in [0.3, 0.4) is 0 Å². The Labute approximate surface area is 79.7 Å². The number of aliphatic hydroxyl groups is 1. The van der Waals surface area contributed by atoms with Crippen molar-refractivity contribution in [3.8, 4) is 0 Å². The van der Waals surface area contributed by atoms with E-state index in [1.165, 1.54) is 0 Å². The molecule has 0 amide bonds. The molecule has 0 aromatic heterocycles. The second-order valence-corrected chi connectivity index (χ2v) is 3.58. The van der Waals surface area contributed by atoms with Gasteiger partial charge in [0.05, 0.1) is 5.60 Å². The van der Waals surface area contributed by atoms with Crippen LogP contribution >= 0.6 is 0 Å². The van der Waals surface area contributed by atoms with Gasteiger partial charge in [-0.3, -0.25) is 0 Å². The Hall–Kier alpha value is -1.08. The van der Waals surface area contributed by atoms with E-state index in [0.29, 0.717) is 6.42 Å². The topological polar surface area (TPSA) is 20.2 Å². The minimum atomic E-state index is -0.785. The van der Waals surface area contributed by atoms with Gasteiger partial charge in [-0.15, -0.1) is 6.58 Å². The Morgan fingerprint density at radius 2 is 2.08 bits per heavy atom. The Bertz CT molecular complexity index is 300. The van der Waals surface area contributed by atoms with Crippen molar-refractivity contribution in [1.82, 2.24) is 0 Å². The third-order valence-electron chi connectivity index (χ3n) is 2.27. The fraction of sp³-hybridized carbons (Fsp3) is 0.333. The van der Waals surface area contributed by atoms with Crippen molar-refractivity contribution >= 4 is 0 Å². The van der Waals surface area contributed by atoms with Gasteiger partial charge >= 0.3 is 0 Å². The minimum absolute atomic E-state index is 0.581. The lowest BCUT2D eigenvalue weighted by molar-refractivity contribution is 0.0600. The molecule has 0 fully saturated rings. The van der Waals surface area contributed by atoms with Crippen molar-refractivity contribution in [2.75, 3.05) is 0 Å². The molecule has 0 saturated carbocycles. The molecule has 0 radical (unpaired) electrons. The standard InChI is InChI=1S/C12H16O/c1-4-9-12(3,13)11-8-6-5-7-10(11)2/h4-8,13H,1,9H2,2-3H3/t12-/m0/s1. The highest BCUT2D eigenvalue weighted by Gasteiger charge is 2.22. The third kappa shape index (κ3) is 2.19. The zero-order chi connectivity index (χ0) is 9.90. The summed E-state index contributed by atoms with van der Waals surface area (Å²) in [6.45, 7) is 7.46. The first-order valence-corrected chi connectivity index (χ1v) is 4.47. The van der Waals surface area contributed by atoms with E-state index >= 15 is 0 Å². The Morgan fingerprint density at radius 1 is 1.46 bits per heavy atom. The molecule has 1 aromatic carbocycles. The van der Waals surface area contributed by atoms with E-state index in [1.807, 2.05) is 38.1 Å².